The van der Waals surface area contributed by atoms with E-state index in [4.69, 9.17) is 4.74 Å². The van der Waals surface area contributed by atoms with E-state index < -0.39 is 23.8 Å². The molecule has 0 unspecified atom stereocenters. The number of thioether (sulfide) groups is 1. The van der Waals surface area contributed by atoms with Crippen molar-refractivity contribution >= 4 is 22.8 Å². The third kappa shape index (κ3) is 3.33. The zero-order valence-corrected chi connectivity index (χ0v) is 11.4. The molecular weight excluding hydrogens is 291 g/mol. The molecule has 0 bridgehead atoms. The molecule has 1 aromatic rings. The molecule has 0 radical (unpaired) electrons. The summed E-state index contributed by atoms with van der Waals surface area (Å²) in [5, 5.41) is 0.566. The largest absolute Gasteiger partial charge is 0.464 e. The summed E-state index contributed by atoms with van der Waals surface area (Å²) >= 11 is 1.34. The van der Waals surface area contributed by atoms with Crippen molar-refractivity contribution in [1.29, 1.82) is 0 Å². The van der Waals surface area contributed by atoms with Gasteiger partial charge in [0.25, 0.3) is 0 Å². The Morgan fingerprint density at radius 3 is 2.60 bits per heavy atom. The first-order chi connectivity index (χ1) is 9.41. The minimum absolute atomic E-state index is 0.283. The molecule has 0 fully saturated rings. The molecule has 0 aliphatic carbocycles. The summed E-state index contributed by atoms with van der Waals surface area (Å²) in [4.78, 5) is 15.7. The van der Waals surface area contributed by atoms with E-state index in [9.17, 15) is 18.0 Å². The Morgan fingerprint density at radius 2 is 2.05 bits per heavy atom. The van der Waals surface area contributed by atoms with Crippen molar-refractivity contribution < 1.29 is 22.7 Å². The SMILES string of the molecule is CCOC(=O)[C@@H]1CSC(c2ccc(C(F)(F)F)cc2)=N1. The van der Waals surface area contributed by atoms with Crippen LogP contribution in [0.5, 0.6) is 0 Å². The van der Waals surface area contributed by atoms with Gasteiger partial charge in [0.15, 0.2) is 6.04 Å². The highest BCUT2D eigenvalue weighted by Crippen LogP contribution is 2.30. The van der Waals surface area contributed by atoms with E-state index in [1.54, 1.807) is 6.92 Å². The van der Waals surface area contributed by atoms with E-state index in [0.717, 1.165) is 12.1 Å². The van der Waals surface area contributed by atoms with Crippen LogP contribution < -0.4 is 0 Å². The van der Waals surface area contributed by atoms with Crippen LogP contribution in [-0.2, 0) is 15.7 Å². The predicted molar refractivity (Wildman–Crippen MR) is 70.9 cm³/mol. The van der Waals surface area contributed by atoms with Gasteiger partial charge in [0.2, 0.25) is 0 Å². The quantitative estimate of drug-likeness (QED) is 0.805. The maximum Gasteiger partial charge on any atom is 0.416 e. The molecule has 0 saturated heterocycles. The monoisotopic (exact) mass is 303 g/mol. The molecule has 0 N–H and O–H groups in total. The van der Waals surface area contributed by atoms with Crippen LogP contribution in [0.1, 0.15) is 18.1 Å². The summed E-state index contributed by atoms with van der Waals surface area (Å²) in [5.41, 5.74) is -0.124. The molecule has 2 rings (SSSR count). The lowest BCUT2D eigenvalue weighted by Gasteiger charge is -2.07. The lowest BCUT2D eigenvalue weighted by molar-refractivity contribution is -0.144. The first-order valence-corrected chi connectivity index (χ1v) is 6.95. The van der Waals surface area contributed by atoms with E-state index in [0.29, 0.717) is 16.4 Å². The average Bonchev–Trinajstić information content (AvgIpc) is 2.88. The third-order valence-electron chi connectivity index (χ3n) is 2.67. The van der Waals surface area contributed by atoms with Crippen LogP contribution in [0.4, 0.5) is 13.2 Å². The fraction of sp³-hybridized carbons (Fsp3) is 0.385. The van der Waals surface area contributed by atoms with Gasteiger partial charge in [-0.3, -0.25) is 4.99 Å². The second kappa shape index (κ2) is 5.87. The maximum absolute atomic E-state index is 12.5. The van der Waals surface area contributed by atoms with Crippen molar-refractivity contribution in [2.45, 2.75) is 19.1 Å². The topological polar surface area (TPSA) is 38.7 Å². The zero-order chi connectivity index (χ0) is 14.8. The Hall–Kier alpha value is -1.50. The lowest BCUT2D eigenvalue weighted by Crippen LogP contribution is -2.21. The Morgan fingerprint density at radius 1 is 1.40 bits per heavy atom. The Kier molecular flexibility index (Phi) is 4.37. The number of alkyl halides is 3. The van der Waals surface area contributed by atoms with Gasteiger partial charge in [-0.25, -0.2) is 4.79 Å². The summed E-state index contributed by atoms with van der Waals surface area (Å²) in [7, 11) is 0. The standard InChI is InChI=1S/C13H12F3NO2S/c1-2-19-12(18)10-7-20-11(17-10)8-3-5-9(6-4-8)13(14,15)16/h3-6,10H,2,7H2,1H3/t10-/m0/s1. The van der Waals surface area contributed by atoms with Crippen LogP contribution in [0.25, 0.3) is 0 Å². The summed E-state index contributed by atoms with van der Waals surface area (Å²) in [6.45, 7) is 1.99. The van der Waals surface area contributed by atoms with Gasteiger partial charge in [-0.1, -0.05) is 12.1 Å². The number of halogens is 3. The molecule has 1 aliphatic heterocycles. The van der Waals surface area contributed by atoms with Crippen LogP contribution >= 0.6 is 11.8 Å². The molecule has 1 heterocycles. The number of carbonyl (C=O) groups excluding carboxylic acids is 1. The average molecular weight is 303 g/mol. The maximum atomic E-state index is 12.5. The lowest BCUT2D eigenvalue weighted by atomic mass is 10.1. The van der Waals surface area contributed by atoms with Gasteiger partial charge in [-0.05, 0) is 19.1 Å². The number of esters is 1. The van der Waals surface area contributed by atoms with Crippen molar-refractivity contribution in [2.75, 3.05) is 12.4 Å². The van der Waals surface area contributed by atoms with Gasteiger partial charge >= 0.3 is 12.1 Å². The second-order valence-corrected chi connectivity index (χ2v) is 5.10. The molecule has 0 aromatic heterocycles. The summed E-state index contributed by atoms with van der Waals surface area (Å²) in [6.07, 6.45) is -4.35. The van der Waals surface area contributed by atoms with Gasteiger partial charge in [-0.15, -0.1) is 11.8 Å². The van der Waals surface area contributed by atoms with Crippen LogP contribution in [-0.4, -0.2) is 29.4 Å². The second-order valence-electron chi connectivity index (χ2n) is 4.09. The van der Waals surface area contributed by atoms with E-state index in [1.807, 2.05) is 0 Å². The molecule has 7 heteroatoms. The predicted octanol–water partition coefficient (Wildman–Crippen LogP) is 3.13. The number of rotatable bonds is 3. The van der Waals surface area contributed by atoms with Crippen molar-refractivity contribution in [2.24, 2.45) is 4.99 Å². The number of aliphatic imine (C=N–C) groups is 1. The highest BCUT2D eigenvalue weighted by Gasteiger charge is 2.31. The molecule has 0 spiro atoms. The Bertz CT molecular complexity index is 525. The third-order valence-corrected chi connectivity index (χ3v) is 3.77. The highest BCUT2D eigenvalue weighted by molar-refractivity contribution is 8.14. The minimum atomic E-state index is -4.35. The van der Waals surface area contributed by atoms with Crippen molar-refractivity contribution in [1.82, 2.24) is 0 Å². The number of hydrogen-bond acceptors (Lipinski definition) is 4. The highest BCUT2D eigenvalue weighted by atomic mass is 32.2. The van der Waals surface area contributed by atoms with Crippen molar-refractivity contribution in [3.05, 3.63) is 35.4 Å². The van der Waals surface area contributed by atoms with Crippen LogP contribution in [0.3, 0.4) is 0 Å². The Labute approximate surface area is 118 Å². The molecule has 0 amide bonds. The van der Waals surface area contributed by atoms with E-state index in [2.05, 4.69) is 4.99 Å². The fourth-order valence-corrected chi connectivity index (χ4v) is 2.72. The number of nitrogens with zero attached hydrogens (tertiary/aromatic N) is 1. The van der Waals surface area contributed by atoms with Gasteiger partial charge in [0.1, 0.15) is 0 Å². The minimum Gasteiger partial charge on any atom is -0.464 e. The fourth-order valence-electron chi connectivity index (χ4n) is 1.69. The molecular formula is C13H12F3NO2S. The van der Waals surface area contributed by atoms with Gasteiger partial charge in [0.05, 0.1) is 17.2 Å². The van der Waals surface area contributed by atoms with E-state index >= 15 is 0 Å². The molecule has 108 valence electrons. The number of benzene rings is 1. The number of ether oxygens (including phenoxy) is 1. The summed E-state index contributed by atoms with van der Waals surface area (Å²) in [5.74, 6) is 0.0526. The van der Waals surface area contributed by atoms with E-state index in [1.165, 1.54) is 23.9 Å². The molecule has 20 heavy (non-hydrogen) atoms. The van der Waals surface area contributed by atoms with Gasteiger partial charge < -0.3 is 4.74 Å². The summed E-state index contributed by atoms with van der Waals surface area (Å²) in [6, 6.07) is 4.17. The molecule has 1 aliphatic rings. The molecule has 0 saturated carbocycles. The van der Waals surface area contributed by atoms with Crippen LogP contribution in [0.15, 0.2) is 29.3 Å². The van der Waals surface area contributed by atoms with Gasteiger partial charge in [-0.2, -0.15) is 13.2 Å². The first-order valence-electron chi connectivity index (χ1n) is 5.96. The molecule has 3 nitrogen and oxygen atoms in total. The summed E-state index contributed by atoms with van der Waals surface area (Å²) < 4.78 is 42.2. The van der Waals surface area contributed by atoms with Crippen molar-refractivity contribution in [3.63, 3.8) is 0 Å². The molecule has 1 aromatic carbocycles. The number of hydrogen-bond donors (Lipinski definition) is 0. The van der Waals surface area contributed by atoms with Crippen LogP contribution in [0, 0.1) is 0 Å². The smallest absolute Gasteiger partial charge is 0.416 e. The van der Waals surface area contributed by atoms with E-state index in [-0.39, 0.29) is 6.61 Å². The van der Waals surface area contributed by atoms with Crippen LogP contribution in [0.2, 0.25) is 0 Å². The van der Waals surface area contributed by atoms with Crippen molar-refractivity contribution in [3.8, 4) is 0 Å². The van der Waals surface area contributed by atoms with Gasteiger partial charge in [0, 0.05) is 11.3 Å². The molecule has 1 atom stereocenters. The number of carbonyl (C=O) groups is 1. The normalized spacial score (nSPS) is 18.8. The zero-order valence-electron chi connectivity index (χ0n) is 10.6. The Balaban J connectivity index is 2.13. The first kappa shape index (κ1) is 14.9.